The Balaban J connectivity index is 0.00000162. The van der Waals surface area contributed by atoms with Crippen molar-refractivity contribution in [2.45, 2.75) is 30.9 Å². The fraction of sp³-hybridized carbons (Fsp3) is 0.455. The molecule has 2 N–H and O–H groups in total. The molecular weight excluding hydrogens is 281 g/mol. The van der Waals surface area contributed by atoms with Gasteiger partial charge in [-0.1, -0.05) is 0 Å². The molecule has 7 heteroatoms. The van der Waals surface area contributed by atoms with Crippen molar-refractivity contribution in [1.29, 1.82) is 0 Å². The second kappa shape index (κ2) is 6.60. The molecule has 1 amide bonds. The maximum atomic E-state index is 11.7. The number of amides is 1. The van der Waals surface area contributed by atoms with Crippen LogP contribution in [0.2, 0.25) is 0 Å². The Hall–Kier alpha value is 0.236. The van der Waals surface area contributed by atoms with E-state index >= 15 is 0 Å². The molecule has 0 atom stereocenters. The van der Waals surface area contributed by atoms with Gasteiger partial charge in [0.05, 0.1) is 24.0 Å². The van der Waals surface area contributed by atoms with Crippen LogP contribution >= 0.6 is 11.3 Å². The van der Waals surface area contributed by atoms with E-state index in [2.05, 4.69) is 5.32 Å². The number of aliphatic carboxylic acids is 1. The normalized spacial score (nSPS) is 25.7. The Morgan fingerprint density at radius 3 is 2.67 bits per heavy atom. The molecule has 0 aromatic carbocycles. The van der Waals surface area contributed by atoms with Gasteiger partial charge in [0.2, 0.25) is 5.91 Å². The van der Waals surface area contributed by atoms with E-state index in [0.717, 1.165) is 5.56 Å². The molecule has 1 aromatic heterocycles. The molecule has 0 aliphatic heterocycles. The SMILES string of the molecule is O=C(Cc1ccsc1)NC1(C(=O)[O-])CC(O)C1.[K+]. The molecule has 18 heavy (non-hydrogen) atoms. The van der Waals surface area contributed by atoms with Crippen LogP contribution in [0.4, 0.5) is 0 Å². The summed E-state index contributed by atoms with van der Waals surface area (Å²) in [5.41, 5.74) is -0.534. The van der Waals surface area contributed by atoms with Crippen LogP contribution in [0, 0.1) is 0 Å². The number of thiophene rings is 1. The summed E-state index contributed by atoms with van der Waals surface area (Å²) >= 11 is 1.48. The van der Waals surface area contributed by atoms with E-state index in [1.807, 2.05) is 16.8 Å². The van der Waals surface area contributed by atoms with Crippen LogP contribution < -0.4 is 61.8 Å². The predicted octanol–water partition coefficient (Wildman–Crippen LogP) is -3.95. The van der Waals surface area contributed by atoms with Crippen LogP contribution in [0.3, 0.4) is 0 Å². The molecule has 0 spiro atoms. The predicted molar refractivity (Wildman–Crippen MR) is 59.1 cm³/mol. The molecular formula is C11H12KNO4S. The van der Waals surface area contributed by atoms with Gasteiger partial charge in [0.1, 0.15) is 0 Å². The molecule has 1 fully saturated rings. The number of aliphatic hydroxyl groups excluding tert-OH is 1. The standard InChI is InChI=1S/C11H13NO4S.K/c13-8-4-11(5-8,10(15)16)12-9(14)3-7-1-2-17-6-7;/h1-2,6,8,13H,3-5H2,(H,12,14)(H,15,16);/q;+1/p-1. The topological polar surface area (TPSA) is 89.5 Å². The van der Waals surface area contributed by atoms with Gasteiger partial charge < -0.3 is 20.3 Å². The maximum Gasteiger partial charge on any atom is 1.00 e. The molecule has 2 rings (SSSR count). The zero-order chi connectivity index (χ0) is 12.5. The molecule has 0 unspecified atom stereocenters. The third kappa shape index (κ3) is 3.63. The van der Waals surface area contributed by atoms with E-state index in [1.54, 1.807) is 0 Å². The number of rotatable bonds is 4. The Morgan fingerprint density at radius 2 is 2.22 bits per heavy atom. The quantitative estimate of drug-likeness (QED) is 0.555. The number of carboxylic acid groups (broad SMARTS) is 1. The first-order valence-electron chi connectivity index (χ1n) is 5.23. The molecule has 1 aliphatic carbocycles. The summed E-state index contributed by atoms with van der Waals surface area (Å²) in [7, 11) is 0. The zero-order valence-corrected chi connectivity index (χ0v) is 14.0. The number of hydrogen-bond donors (Lipinski definition) is 2. The summed E-state index contributed by atoms with van der Waals surface area (Å²) in [6.07, 6.45) is -0.487. The maximum absolute atomic E-state index is 11.7. The first-order chi connectivity index (χ1) is 8.02. The van der Waals surface area contributed by atoms with Crippen molar-refractivity contribution in [2.75, 3.05) is 0 Å². The number of hydrogen-bond acceptors (Lipinski definition) is 5. The summed E-state index contributed by atoms with van der Waals surface area (Å²) in [6.45, 7) is 0. The van der Waals surface area contributed by atoms with Gasteiger partial charge in [-0.15, -0.1) is 0 Å². The van der Waals surface area contributed by atoms with Crippen LogP contribution in [0.15, 0.2) is 16.8 Å². The third-order valence-corrected chi connectivity index (χ3v) is 3.61. The van der Waals surface area contributed by atoms with Crippen molar-refractivity contribution >= 4 is 23.2 Å². The van der Waals surface area contributed by atoms with Crippen LogP contribution in [0.5, 0.6) is 0 Å². The summed E-state index contributed by atoms with van der Waals surface area (Å²) in [4.78, 5) is 22.6. The monoisotopic (exact) mass is 293 g/mol. The van der Waals surface area contributed by atoms with Crippen molar-refractivity contribution in [1.82, 2.24) is 5.32 Å². The van der Waals surface area contributed by atoms with Crippen molar-refractivity contribution in [2.24, 2.45) is 0 Å². The first kappa shape index (κ1) is 16.3. The Morgan fingerprint density at radius 1 is 1.56 bits per heavy atom. The van der Waals surface area contributed by atoms with E-state index in [1.165, 1.54) is 11.3 Å². The second-order valence-electron chi connectivity index (χ2n) is 4.29. The molecule has 1 heterocycles. The molecule has 5 nitrogen and oxygen atoms in total. The van der Waals surface area contributed by atoms with Gasteiger partial charge in [0.25, 0.3) is 0 Å². The van der Waals surface area contributed by atoms with Crippen LogP contribution in [0.25, 0.3) is 0 Å². The number of carbonyl (C=O) groups is 2. The Bertz CT molecular complexity index is 428. The van der Waals surface area contributed by atoms with E-state index in [9.17, 15) is 14.7 Å². The number of carboxylic acids is 1. The largest absolute Gasteiger partial charge is 1.00 e. The first-order valence-corrected chi connectivity index (χ1v) is 6.18. The molecule has 0 bridgehead atoms. The number of carbonyl (C=O) groups excluding carboxylic acids is 2. The van der Waals surface area contributed by atoms with Gasteiger partial charge in [-0.3, -0.25) is 4.79 Å². The van der Waals surface area contributed by atoms with Gasteiger partial charge in [0.15, 0.2) is 0 Å². The van der Waals surface area contributed by atoms with Crippen LogP contribution in [-0.4, -0.2) is 28.6 Å². The van der Waals surface area contributed by atoms with Crippen molar-refractivity contribution < 1.29 is 71.2 Å². The van der Waals surface area contributed by atoms with Gasteiger partial charge >= 0.3 is 51.4 Å². The van der Waals surface area contributed by atoms with Crippen LogP contribution in [0.1, 0.15) is 18.4 Å². The number of nitrogens with one attached hydrogen (secondary N) is 1. The van der Waals surface area contributed by atoms with E-state index in [4.69, 9.17) is 5.11 Å². The smallest absolute Gasteiger partial charge is 0.548 e. The summed E-state index contributed by atoms with van der Waals surface area (Å²) in [5.74, 6) is -1.69. The zero-order valence-electron chi connectivity index (χ0n) is 10.0. The van der Waals surface area contributed by atoms with Crippen molar-refractivity contribution in [3.63, 3.8) is 0 Å². The molecule has 0 radical (unpaired) electrons. The molecule has 1 saturated carbocycles. The van der Waals surface area contributed by atoms with Gasteiger partial charge in [-0.2, -0.15) is 11.3 Å². The Kier molecular flexibility index (Phi) is 5.97. The average molecular weight is 293 g/mol. The second-order valence-corrected chi connectivity index (χ2v) is 5.07. The third-order valence-electron chi connectivity index (χ3n) is 2.88. The van der Waals surface area contributed by atoms with Crippen LogP contribution in [-0.2, 0) is 16.0 Å². The summed E-state index contributed by atoms with van der Waals surface area (Å²) in [5, 5.41) is 26.2. The molecule has 92 valence electrons. The minimum atomic E-state index is -1.38. The molecule has 1 aromatic rings. The average Bonchev–Trinajstić information content (AvgIpc) is 2.67. The minimum Gasteiger partial charge on any atom is -0.548 e. The minimum absolute atomic E-state index is 0. The summed E-state index contributed by atoms with van der Waals surface area (Å²) in [6, 6.07) is 1.81. The fourth-order valence-corrected chi connectivity index (χ4v) is 2.62. The summed E-state index contributed by atoms with van der Waals surface area (Å²) < 4.78 is 0. The van der Waals surface area contributed by atoms with Gasteiger partial charge in [0, 0.05) is 12.8 Å². The fourth-order valence-electron chi connectivity index (χ4n) is 1.95. The van der Waals surface area contributed by atoms with E-state index in [-0.39, 0.29) is 76.6 Å². The molecule has 0 saturated heterocycles. The van der Waals surface area contributed by atoms with Gasteiger partial charge in [-0.05, 0) is 22.4 Å². The number of aliphatic hydroxyl groups is 1. The van der Waals surface area contributed by atoms with E-state index in [0.29, 0.717) is 0 Å². The van der Waals surface area contributed by atoms with Crippen molar-refractivity contribution in [3.05, 3.63) is 22.4 Å². The Labute approximate surface area is 151 Å². The van der Waals surface area contributed by atoms with Crippen molar-refractivity contribution in [3.8, 4) is 0 Å². The van der Waals surface area contributed by atoms with Gasteiger partial charge in [-0.25, -0.2) is 0 Å². The van der Waals surface area contributed by atoms with E-state index < -0.39 is 17.6 Å². The molecule has 1 aliphatic rings.